The second kappa shape index (κ2) is 8.02. The fourth-order valence-electron chi connectivity index (χ4n) is 2.26. The van der Waals surface area contributed by atoms with E-state index >= 15 is 0 Å². The number of ether oxygens (including phenoxy) is 2. The van der Waals surface area contributed by atoms with Crippen LogP contribution in [-0.2, 0) is 11.3 Å². The summed E-state index contributed by atoms with van der Waals surface area (Å²) in [5.41, 5.74) is 2.72. The summed E-state index contributed by atoms with van der Waals surface area (Å²) in [4.78, 5) is 11.9. The summed E-state index contributed by atoms with van der Waals surface area (Å²) in [6.07, 6.45) is -0.503. The van der Waals surface area contributed by atoms with E-state index in [9.17, 15) is 4.79 Å². The smallest absolute Gasteiger partial charge is 0.411 e. The van der Waals surface area contributed by atoms with Crippen LogP contribution in [0.15, 0.2) is 78.9 Å². The van der Waals surface area contributed by atoms with Gasteiger partial charge in [-0.1, -0.05) is 54.1 Å². The molecule has 1 amide bonds. The van der Waals surface area contributed by atoms with Crippen molar-refractivity contribution in [3.63, 3.8) is 0 Å². The van der Waals surface area contributed by atoms with Crippen LogP contribution in [0, 0.1) is 6.92 Å². The zero-order chi connectivity index (χ0) is 17.5. The molecule has 3 aromatic rings. The highest BCUT2D eigenvalue weighted by Gasteiger charge is 2.05. The minimum absolute atomic E-state index is 0.228. The van der Waals surface area contributed by atoms with Crippen molar-refractivity contribution in [2.45, 2.75) is 13.5 Å². The average molecular weight is 333 g/mol. The molecule has 3 aromatic carbocycles. The quantitative estimate of drug-likeness (QED) is 0.667. The fourth-order valence-corrected chi connectivity index (χ4v) is 2.26. The third kappa shape index (κ3) is 5.11. The van der Waals surface area contributed by atoms with Crippen molar-refractivity contribution in [3.8, 4) is 11.5 Å². The van der Waals surface area contributed by atoms with Crippen LogP contribution in [0.5, 0.6) is 11.5 Å². The van der Waals surface area contributed by atoms with Crippen molar-refractivity contribution >= 4 is 11.8 Å². The van der Waals surface area contributed by atoms with Gasteiger partial charge in [0, 0.05) is 11.8 Å². The van der Waals surface area contributed by atoms with Crippen LogP contribution in [0.1, 0.15) is 11.1 Å². The molecule has 0 spiro atoms. The lowest BCUT2D eigenvalue weighted by Gasteiger charge is -2.10. The number of anilines is 1. The number of benzene rings is 3. The molecule has 3 rings (SSSR count). The van der Waals surface area contributed by atoms with Gasteiger partial charge >= 0.3 is 6.09 Å². The first kappa shape index (κ1) is 16.6. The van der Waals surface area contributed by atoms with Gasteiger partial charge in [0.2, 0.25) is 0 Å². The van der Waals surface area contributed by atoms with Crippen molar-refractivity contribution in [2.75, 3.05) is 5.32 Å². The van der Waals surface area contributed by atoms with Gasteiger partial charge in [-0.2, -0.15) is 0 Å². The second-order valence-corrected chi connectivity index (χ2v) is 5.63. The van der Waals surface area contributed by atoms with Crippen LogP contribution in [0.4, 0.5) is 10.5 Å². The van der Waals surface area contributed by atoms with Crippen molar-refractivity contribution in [1.29, 1.82) is 0 Å². The van der Waals surface area contributed by atoms with E-state index in [1.807, 2.05) is 73.7 Å². The van der Waals surface area contributed by atoms with Gasteiger partial charge < -0.3 is 9.47 Å². The van der Waals surface area contributed by atoms with Gasteiger partial charge in [0.1, 0.15) is 18.1 Å². The van der Waals surface area contributed by atoms with Crippen molar-refractivity contribution in [3.05, 3.63) is 90.0 Å². The number of hydrogen-bond acceptors (Lipinski definition) is 3. The monoisotopic (exact) mass is 333 g/mol. The topological polar surface area (TPSA) is 47.6 Å². The van der Waals surface area contributed by atoms with Gasteiger partial charge in [-0.3, -0.25) is 5.32 Å². The highest BCUT2D eigenvalue weighted by Crippen LogP contribution is 2.24. The molecule has 0 aliphatic heterocycles. The first-order valence-corrected chi connectivity index (χ1v) is 8.01. The highest BCUT2D eigenvalue weighted by atomic mass is 16.5. The van der Waals surface area contributed by atoms with Gasteiger partial charge in [0.05, 0.1) is 0 Å². The van der Waals surface area contributed by atoms with Gasteiger partial charge in [-0.15, -0.1) is 0 Å². The van der Waals surface area contributed by atoms with E-state index in [0.717, 1.165) is 11.3 Å². The number of nitrogens with one attached hydrogen (secondary N) is 1. The molecule has 0 saturated heterocycles. The van der Waals surface area contributed by atoms with Gasteiger partial charge in [0.25, 0.3) is 0 Å². The van der Waals surface area contributed by atoms with E-state index in [0.29, 0.717) is 11.4 Å². The summed E-state index contributed by atoms with van der Waals surface area (Å²) in [5.74, 6) is 1.39. The number of carbonyl (C=O) groups is 1. The Labute approximate surface area is 147 Å². The summed E-state index contributed by atoms with van der Waals surface area (Å²) < 4.78 is 11.0. The molecule has 0 unspecified atom stereocenters. The Morgan fingerprint density at radius 2 is 1.64 bits per heavy atom. The van der Waals surface area contributed by atoms with Crippen molar-refractivity contribution < 1.29 is 14.3 Å². The number of aryl methyl sites for hydroxylation is 1. The molecule has 0 bridgehead atoms. The maximum Gasteiger partial charge on any atom is 0.411 e. The Bertz CT molecular complexity index is 829. The van der Waals surface area contributed by atoms with E-state index in [2.05, 4.69) is 5.32 Å². The third-order valence-corrected chi connectivity index (χ3v) is 3.55. The van der Waals surface area contributed by atoms with Gasteiger partial charge in [-0.25, -0.2) is 4.79 Å². The van der Waals surface area contributed by atoms with E-state index in [1.165, 1.54) is 5.56 Å². The first-order valence-electron chi connectivity index (χ1n) is 8.01. The predicted octanol–water partition coefficient (Wildman–Crippen LogP) is 5.54. The summed E-state index contributed by atoms with van der Waals surface area (Å²) in [6, 6.07) is 24.5. The SMILES string of the molecule is Cc1ccc(Oc2cccc(NC(=O)OCc3ccccc3)c2)cc1. The summed E-state index contributed by atoms with van der Waals surface area (Å²) in [5, 5.41) is 2.71. The summed E-state index contributed by atoms with van der Waals surface area (Å²) >= 11 is 0. The zero-order valence-corrected chi connectivity index (χ0v) is 13.9. The van der Waals surface area contributed by atoms with Gasteiger partial charge in [-0.05, 0) is 36.8 Å². The number of amides is 1. The van der Waals surface area contributed by atoms with Crippen LogP contribution in [0.25, 0.3) is 0 Å². The molecule has 0 heterocycles. The molecule has 4 heteroatoms. The molecule has 25 heavy (non-hydrogen) atoms. The number of hydrogen-bond donors (Lipinski definition) is 1. The molecule has 1 N–H and O–H groups in total. The van der Waals surface area contributed by atoms with E-state index in [-0.39, 0.29) is 6.61 Å². The zero-order valence-electron chi connectivity index (χ0n) is 13.9. The van der Waals surface area contributed by atoms with Crippen LogP contribution >= 0.6 is 0 Å². The predicted molar refractivity (Wildman–Crippen MR) is 97.9 cm³/mol. The molecule has 0 aliphatic carbocycles. The second-order valence-electron chi connectivity index (χ2n) is 5.63. The number of carbonyl (C=O) groups excluding carboxylic acids is 1. The van der Waals surface area contributed by atoms with Crippen LogP contribution in [-0.4, -0.2) is 6.09 Å². The Morgan fingerprint density at radius 1 is 0.880 bits per heavy atom. The number of rotatable bonds is 5. The molecule has 4 nitrogen and oxygen atoms in total. The molecule has 0 fully saturated rings. The lowest BCUT2D eigenvalue weighted by atomic mass is 10.2. The van der Waals surface area contributed by atoms with Gasteiger partial charge in [0.15, 0.2) is 0 Å². The molecule has 0 atom stereocenters. The van der Waals surface area contributed by atoms with E-state index in [4.69, 9.17) is 9.47 Å². The van der Waals surface area contributed by atoms with Crippen molar-refractivity contribution in [2.24, 2.45) is 0 Å². The lowest BCUT2D eigenvalue weighted by molar-refractivity contribution is 0.155. The Balaban J connectivity index is 1.57. The first-order chi connectivity index (χ1) is 12.2. The normalized spacial score (nSPS) is 10.1. The largest absolute Gasteiger partial charge is 0.457 e. The molecular weight excluding hydrogens is 314 g/mol. The van der Waals surface area contributed by atoms with E-state index < -0.39 is 6.09 Å². The molecule has 0 radical (unpaired) electrons. The minimum atomic E-state index is -0.503. The van der Waals surface area contributed by atoms with Crippen LogP contribution in [0.3, 0.4) is 0 Å². The summed E-state index contributed by atoms with van der Waals surface area (Å²) in [7, 11) is 0. The Kier molecular flexibility index (Phi) is 5.32. The van der Waals surface area contributed by atoms with E-state index in [1.54, 1.807) is 12.1 Å². The molecular formula is C21H19NO3. The standard InChI is InChI=1S/C21H19NO3/c1-16-10-12-19(13-11-16)25-20-9-5-8-18(14-20)22-21(23)24-15-17-6-3-2-4-7-17/h2-14H,15H2,1H3,(H,22,23). The van der Waals surface area contributed by atoms with Crippen LogP contribution < -0.4 is 10.1 Å². The maximum atomic E-state index is 11.9. The molecule has 0 aromatic heterocycles. The van der Waals surface area contributed by atoms with Crippen molar-refractivity contribution in [1.82, 2.24) is 0 Å². The summed E-state index contributed by atoms with van der Waals surface area (Å²) in [6.45, 7) is 2.25. The Morgan fingerprint density at radius 3 is 2.40 bits per heavy atom. The lowest BCUT2D eigenvalue weighted by Crippen LogP contribution is -2.13. The molecule has 0 aliphatic rings. The maximum absolute atomic E-state index is 11.9. The molecule has 0 saturated carbocycles. The fraction of sp³-hybridized carbons (Fsp3) is 0.0952. The molecule has 126 valence electrons. The minimum Gasteiger partial charge on any atom is -0.457 e. The third-order valence-electron chi connectivity index (χ3n) is 3.55. The average Bonchev–Trinajstić information content (AvgIpc) is 2.63. The van der Waals surface area contributed by atoms with Crippen LogP contribution in [0.2, 0.25) is 0 Å². The Hall–Kier alpha value is -3.27. The highest BCUT2D eigenvalue weighted by molar-refractivity contribution is 5.84.